The summed E-state index contributed by atoms with van der Waals surface area (Å²) in [6, 6.07) is 13.2. The third-order valence-electron chi connectivity index (χ3n) is 2.95. The van der Waals surface area contributed by atoms with Crippen LogP contribution in [0.5, 0.6) is 0 Å². The Kier molecular flexibility index (Phi) is 2.30. The third-order valence-corrected chi connectivity index (χ3v) is 2.95. The molecular weight excluding hydrogens is 180 g/mol. The fraction of sp³-hybridized carbons (Fsp3) is 0.333. The number of rotatable bonds is 0. The predicted molar refractivity (Wildman–Crippen MR) is 67.4 cm³/mol. The molecule has 0 fully saturated rings. The number of benzene rings is 2. The molecule has 0 aliphatic rings. The minimum atomic E-state index is 0.216. The van der Waals surface area contributed by atoms with Crippen LogP contribution in [0, 0.1) is 6.92 Å². The Morgan fingerprint density at radius 1 is 0.800 bits per heavy atom. The molecule has 0 nitrogen and oxygen atoms in total. The molecule has 0 spiro atoms. The summed E-state index contributed by atoms with van der Waals surface area (Å²) in [5.41, 5.74) is 3.01. The molecule has 2 aromatic rings. The lowest BCUT2D eigenvalue weighted by molar-refractivity contribution is 0.596. The summed E-state index contributed by atoms with van der Waals surface area (Å²) < 4.78 is 0. The van der Waals surface area contributed by atoms with Gasteiger partial charge in [-0.1, -0.05) is 57.2 Å². The van der Waals surface area contributed by atoms with Gasteiger partial charge in [0.05, 0.1) is 0 Å². The van der Waals surface area contributed by atoms with Gasteiger partial charge in [-0.05, 0) is 34.2 Å². The van der Waals surface area contributed by atoms with E-state index in [9.17, 15) is 0 Å². The summed E-state index contributed by atoms with van der Waals surface area (Å²) in [4.78, 5) is 0. The first-order valence-corrected chi connectivity index (χ1v) is 5.49. The molecule has 0 aromatic heterocycles. The molecule has 2 aromatic carbocycles. The minimum absolute atomic E-state index is 0.216. The van der Waals surface area contributed by atoms with Gasteiger partial charge in [0.1, 0.15) is 0 Å². The molecule has 0 aliphatic heterocycles. The fourth-order valence-corrected chi connectivity index (χ4v) is 2.10. The van der Waals surface area contributed by atoms with Crippen LogP contribution < -0.4 is 0 Å². The fourth-order valence-electron chi connectivity index (χ4n) is 2.10. The number of fused-ring (bicyclic) bond motifs is 1. The standard InChI is InChI=1S/C15H18/c1-11-9-10-14(15(2,3)4)13-8-6-5-7-12(11)13/h5-10H,1-4H3. The predicted octanol–water partition coefficient (Wildman–Crippen LogP) is 4.45. The summed E-state index contributed by atoms with van der Waals surface area (Å²) in [7, 11) is 0. The van der Waals surface area contributed by atoms with Gasteiger partial charge >= 0.3 is 0 Å². The first-order chi connectivity index (χ1) is 7.00. The Labute approximate surface area is 91.9 Å². The van der Waals surface area contributed by atoms with Gasteiger partial charge in [-0.3, -0.25) is 0 Å². The van der Waals surface area contributed by atoms with Crippen molar-refractivity contribution in [3.8, 4) is 0 Å². The van der Waals surface area contributed by atoms with Gasteiger partial charge in [-0.2, -0.15) is 0 Å². The zero-order valence-corrected chi connectivity index (χ0v) is 9.96. The van der Waals surface area contributed by atoms with Crippen LogP contribution in [0.2, 0.25) is 0 Å². The molecule has 0 heteroatoms. The normalized spacial score (nSPS) is 12.0. The lowest BCUT2D eigenvalue weighted by atomic mass is 9.83. The van der Waals surface area contributed by atoms with Crippen LogP contribution in [-0.2, 0) is 5.41 Å². The molecule has 0 radical (unpaired) electrons. The van der Waals surface area contributed by atoms with Crippen LogP contribution in [0.3, 0.4) is 0 Å². The number of aryl methyl sites for hydroxylation is 1. The smallest absolute Gasteiger partial charge is 0.0126 e. The lowest BCUT2D eigenvalue weighted by Crippen LogP contribution is -2.11. The van der Waals surface area contributed by atoms with Crippen LogP contribution in [0.4, 0.5) is 0 Å². The van der Waals surface area contributed by atoms with Crippen LogP contribution in [0.1, 0.15) is 31.9 Å². The monoisotopic (exact) mass is 198 g/mol. The van der Waals surface area contributed by atoms with Gasteiger partial charge in [0.25, 0.3) is 0 Å². The maximum absolute atomic E-state index is 2.27. The Bertz CT molecular complexity index is 487. The zero-order valence-electron chi connectivity index (χ0n) is 9.96. The SMILES string of the molecule is Cc1ccc(C(C)(C)C)c2ccccc12. The Balaban J connectivity index is 2.84. The quantitative estimate of drug-likeness (QED) is 0.587. The molecule has 2 rings (SSSR count). The van der Waals surface area contributed by atoms with Crippen molar-refractivity contribution in [1.82, 2.24) is 0 Å². The van der Waals surface area contributed by atoms with Crippen molar-refractivity contribution in [3.05, 3.63) is 47.5 Å². The molecule has 15 heavy (non-hydrogen) atoms. The Morgan fingerprint density at radius 2 is 1.40 bits per heavy atom. The van der Waals surface area contributed by atoms with Crippen molar-refractivity contribution in [3.63, 3.8) is 0 Å². The highest BCUT2D eigenvalue weighted by atomic mass is 14.2. The summed E-state index contributed by atoms with van der Waals surface area (Å²) in [6.45, 7) is 8.98. The second-order valence-electron chi connectivity index (χ2n) is 5.23. The van der Waals surface area contributed by atoms with Crippen molar-refractivity contribution >= 4 is 10.8 Å². The first-order valence-electron chi connectivity index (χ1n) is 5.49. The van der Waals surface area contributed by atoms with Crippen LogP contribution in [0.15, 0.2) is 36.4 Å². The van der Waals surface area contributed by atoms with Gasteiger partial charge in [0.2, 0.25) is 0 Å². The van der Waals surface area contributed by atoms with Crippen molar-refractivity contribution in [1.29, 1.82) is 0 Å². The molecule has 78 valence electrons. The molecule has 0 N–H and O–H groups in total. The highest BCUT2D eigenvalue weighted by Crippen LogP contribution is 2.31. The maximum atomic E-state index is 2.27. The van der Waals surface area contributed by atoms with E-state index in [-0.39, 0.29) is 5.41 Å². The molecule has 0 amide bonds. The summed E-state index contributed by atoms with van der Waals surface area (Å²) in [6.07, 6.45) is 0. The summed E-state index contributed by atoms with van der Waals surface area (Å²) in [5, 5.41) is 2.77. The largest absolute Gasteiger partial charge is 0.0616 e. The van der Waals surface area contributed by atoms with Crippen LogP contribution in [-0.4, -0.2) is 0 Å². The number of hydrogen-bond donors (Lipinski definition) is 0. The third kappa shape index (κ3) is 1.77. The topological polar surface area (TPSA) is 0 Å². The van der Waals surface area contributed by atoms with E-state index in [0.717, 1.165) is 0 Å². The molecule has 0 saturated carbocycles. The van der Waals surface area contributed by atoms with Crippen molar-refractivity contribution < 1.29 is 0 Å². The lowest BCUT2D eigenvalue weighted by Gasteiger charge is -2.22. The molecule has 0 atom stereocenters. The van der Waals surface area contributed by atoms with E-state index in [0.29, 0.717) is 0 Å². The van der Waals surface area contributed by atoms with Crippen molar-refractivity contribution in [2.24, 2.45) is 0 Å². The van der Waals surface area contributed by atoms with Gasteiger partial charge in [-0.15, -0.1) is 0 Å². The van der Waals surface area contributed by atoms with Crippen molar-refractivity contribution in [2.45, 2.75) is 33.1 Å². The zero-order chi connectivity index (χ0) is 11.1. The Morgan fingerprint density at radius 3 is 2.00 bits per heavy atom. The van der Waals surface area contributed by atoms with E-state index in [1.54, 1.807) is 0 Å². The van der Waals surface area contributed by atoms with E-state index in [4.69, 9.17) is 0 Å². The average molecular weight is 198 g/mol. The highest BCUT2D eigenvalue weighted by molar-refractivity contribution is 5.89. The van der Waals surface area contributed by atoms with Crippen molar-refractivity contribution in [2.75, 3.05) is 0 Å². The number of hydrogen-bond acceptors (Lipinski definition) is 0. The average Bonchev–Trinajstić information content (AvgIpc) is 2.17. The van der Waals surface area contributed by atoms with E-state index in [1.165, 1.54) is 21.9 Å². The van der Waals surface area contributed by atoms with E-state index >= 15 is 0 Å². The molecular formula is C15H18. The summed E-state index contributed by atoms with van der Waals surface area (Å²) in [5.74, 6) is 0. The first kappa shape index (κ1) is 10.2. The van der Waals surface area contributed by atoms with Crippen LogP contribution in [0.25, 0.3) is 10.8 Å². The second kappa shape index (κ2) is 3.37. The Hall–Kier alpha value is -1.30. The van der Waals surface area contributed by atoms with Crippen LogP contribution >= 0.6 is 0 Å². The summed E-state index contributed by atoms with van der Waals surface area (Å²) >= 11 is 0. The molecule has 0 unspecified atom stereocenters. The minimum Gasteiger partial charge on any atom is -0.0616 e. The molecule has 0 saturated heterocycles. The molecule has 0 heterocycles. The van der Waals surface area contributed by atoms with E-state index in [2.05, 4.69) is 64.1 Å². The second-order valence-corrected chi connectivity index (χ2v) is 5.23. The van der Waals surface area contributed by atoms with Gasteiger partial charge in [0.15, 0.2) is 0 Å². The van der Waals surface area contributed by atoms with Gasteiger partial charge < -0.3 is 0 Å². The van der Waals surface area contributed by atoms with Gasteiger partial charge in [0, 0.05) is 0 Å². The van der Waals surface area contributed by atoms with E-state index in [1.807, 2.05) is 0 Å². The maximum Gasteiger partial charge on any atom is -0.0126 e. The van der Waals surface area contributed by atoms with E-state index < -0.39 is 0 Å². The highest BCUT2D eigenvalue weighted by Gasteiger charge is 2.16. The van der Waals surface area contributed by atoms with Gasteiger partial charge in [-0.25, -0.2) is 0 Å². The molecule has 0 aliphatic carbocycles. The molecule has 0 bridgehead atoms.